The van der Waals surface area contributed by atoms with Gasteiger partial charge in [0.15, 0.2) is 4.60 Å². The fourth-order valence-electron chi connectivity index (χ4n) is 2.01. The van der Waals surface area contributed by atoms with Crippen LogP contribution >= 0.6 is 15.9 Å². The number of hydrogen-bond acceptors (Lipinski definition) is 5. The van der Waals surface area contributed by atoms with E-state index in [0.29, 0.717) is 13.1 Å². The highest BCUT2D eigenvalue weighted by molar-refractivity contribution is 9.10. The first-order valence-electron chi connectivity index (χ1n) is 5.74. The van der Waals surface area contributed by atoms with Gasteiger partial charge < -0.3 is 4.90 Å². The molecule has 0 amide bonds. The average Bonchev–Trinajstić information content (AvgIpc) is 2.69. The standard InChI is InChI=1S/C9H16BrN5O2S/c1-3-14-4-6-15(7-5-14)18(16,17)9-8(10)11-12-13(9)2/h3-7H2,1-2H3. The molecule has 0 N–H and O–H groups in total. The van der Waals surface area contributed by atoms with Crippen molar-refractivity contribution in [2.24, 2.45) is 7.05 Å². The number of sulfonamides is 1. The van der Waals surface area contributed by atoms with Crippen molar-refractivity contribution >= 4 is 26.0 Å². The number of aryl methyl sites for hydroxylation is 1. The quantitative estimate of drug-likeness (QED) is 0.770. The van der Waals surface area contributed by atoms with E-state index >= 15 is 0 Å². The van der Waals surface area contributed by atoms with Crippen LogP contribution in [0.5, 0.6) is 0 Å². The van der Waals surface area contributed by atoms with Crippen LogP contribution in [0, 0.1) is 0 Å². The van der Waals surface area contributed by atoms with Gasteiger partial charge in [-0.3, -0.25) is 0 Å². The maximum atomic E-state index is 12.5. The van der Waals surface area contributed by atoms with Gasteiger partial charge in [0.25, 0.3) is 10.0 Å². The van der Waals surface area contributed by atoms with Gasteiger partial charge in [-0.25, -0.2) is 13.1 Å². The van der Waals surface area contributed by atoms with E-state index in [1.54, 1.807) is 7.05 Å². The second-order valence-corrected chi connectivity index (χ2v) is 6.75. The Morgan fingerprint density at radius 1 is 1.28 bits per heavy atom. The van der Waals surface area contributed by atoms with Gasteiger partial charge in [-0.1, -0.05) is 12.1 Å². The highest BCUT2D eigenvalue weighted by atomic mass is 79.9. The smallest absolute Gasteiger partial charge is 0.263 e. The first kappa shape index (κ1) is 13.9. The van der Waals surface area contributed by atoms with E-state index in [1.807, 2.05) is 0 Å². The Morgan fingerprint density at radius 2 is 1.89 bits per heavy atom. The van der Waals surface area contributed by atoms with Crippen LogP contribution in [0.2, 0.25) is 0 Å². The molecule has 0 saturated carbocycles. The molecule has 0 aromatic carbocycles. The van der Waals surface area contributed by atoms with Crippen LogP contribution in [0.15, 0.2) is 9.63 Å². The zero-order valence-corrected chi connectivity index (χ0v) is 12.8. The Morgan fingerprint density at radius 3 is 2.33 bits per heavy atom. The molecule has 1 aliphatic rings. The van der Waals surface area contributed by atoms with Crippen LogP contribution in [0.1, 0.15) is 6.92 Å². The minimum Gasteiger partial charge on any atom is -0.301 e. The Kier molecular flexibility index (Phi) is 4.05. The number of halogens is 1. The van der Waals surface area contributed by atoms with Gasteiger partial charge in [0.1, 0.15) is 0 Å². The molecule has 0 radical (unpaired) electrons. The van der Waals surface area contributed by atoms with E-state index < -0.39 is 10.0 Å². The lowest BCUT2D eigenvalue weighted by Gasteiger charge is -2.32. The summed E-state index contributed by atoms with van der Waals surface area (Å²) in [5, 5.41) is 7.55. The van der Waals surface area contributed by atoms with Gasteiger partial charge in [-0.15, -0.1) is 5.10 Å². The van der Waals surface area contributed by atoms with Gasteiger partial charge >= 0.3 is 0 Å². The lowest BCUT2D eigenvalue weighted by molar-refractivity contribution is 0.195. The molecule has 1 aliphatic heterocycles. The summed E-state index contributed by atoms with van der Waals surface area (Å²) in [6.45, 7) is 5.56. The Hall–Kier alpha value is -0.510. The van der Waals surface area contributed by atoms with Crippen LogP contribution in [0.25, 0.3) is 0 Å². The Bertz CT molecular complexity index is 502. The van der Waals surface area contributed by atoms with Crippen molar-refractivity contribution in [3.05, 3.63) is 4.60 Å². The normalized spacial score (nSPS) is 19.3. The molecule has 1 aromatic heterocycles. The molecule has 0 bridgehead atoms. The molecule has 18 heavy (non-hydrogen) atoms. The molecule has 2 rings (SSSR count). The van der Waals surface area contributed by atoms with Crippen molar-refractivity contribution in [1.82, 2.24) is 24.2 Å². The number of hydrogen-bond donors (Lipinski definition) is 0. The van der Waals surface area contributed by atoms with Crippen molar-refractivity contribution < 1.29 is 8.42 Å². The Balaban J connectivity index is 2.23. The Labute approximate surface area is 115 Å². The van der Waals surface area contributed by atoms with E-state index in [2.05, 4.69) is 38.1 Å². The number of piperazine rings is 1. The van der Waals surface area contributed by atoms with Crippen molar-refractivity contribution in [2.45, 2.75) is 11.9 Å². The SMILES string of the molecule is CCN1CCN(S(=O)(=O)c2c(Br)nnn2C)CC1. The summed E-state index contributed by atoms with van der Waals surface area (Å²) in [6, 6.07) is 0. The molecule has 9 heteroatoms. The van der Waals surface area contributed by atoms with E-state index in [1.165, 1.54) is 8.99 Å². The molecule has 102 valence electrons. The fraction of sp³-hybridized carbons (Fsp3) is 0.778. The van der Waals surface area contributed by atoms with E-state index in [0.717, 1.165) is 19.6 Å². The molecule has 0 spiro atoms. The first-order valence-corrected chi connectivity index (χ1v) is 7.97. The molecule has 1 fully saturated rings. The van der Waals surface area contributed by atoms with Crippen LogP contribution in [0.4, 0.5) is 0 Å². The highest BCUT2D eigenvalue weighted by Crippen LogP contribution is 2.22. The number of rotatable bonds is 3. The second-order valence-electron chi connectivity index (χ2n) is 4.15. The van der Waals surface area contributed by atoms with Crippen molar-refractivity contribution in [1.29, 1.82) is 0 Å². The van der Waals surface area contributed by atoms with Crippen LogP contribution < -0.4 is 0 Å². The topological polar surface area (TPSA) is 71.3 Å². The van der Waals surface area contributed by atoms with Gasteiger partial charge in [0.05, 0.1) is 0 Å². The van der Waals surface area contributed by atoms with E-state index in [9.17, 15) is 8.42 Å². The molecule has 0 atom stereocenters. The van der Waals surface area contributed by atoms with Gasteiger partial charge in [-0.2, -0.15) is 4.31 Å². The van der Waals surface area contributed by atoms with Gasteiger partial charge in [0.2, 0.25) is 5.03 Å². The fourth-order valence-corrected chi connectivity index (χ4v) is 4.46. The molecule has 1 aromatic rings. The van der Waals surface area contributed by atoms with Crippen LogP contribution in [0.3, 0.4) is 0 Å². The maximum absolute atomic E-state index is 12.5. The second kappa shape index (κ2) is 5.24. The van der Waals surface area contributed by atoms with Crippen molar-refractivity contribution in [3.8, 4) is 0 Å². The lowest BCUT2D eigenvalue weighted by Crippen LogP contribution is -2.48. The molecular weight excluding hydrogens is 322 g/mol. The number of likely N-dealkylation sites (N-methyl/N-ethyl adjacent to an activating group) is 1. The summed E-state index contributed by atoms with van der Waals surface area (Å²) in [7, 11) is -1.94. The van der Waals surface area contributed by atoms with Crippen LogP contribution in [-0.4, -0.2) is 65.3 Å². The predicted octanol–water partition coefficient (Wildman–Crippen LogP) is -0.0962. The number of aromatic nitrogens is 3. The van der Waals surface area contributed by atoms with Gasteiger partial charge in [0, 0.05) is 33.2 Å². The zero-order valence-electron chi connectivity index (χ0n) is 10.4. The van der Waals surface area contributed by atoms with Crippen LogP contribution in [-0.2, 0) is 17.1 Å². The molecule has 2 heterocycles. The molecule has 7 nitrogen and oxygen atoms in total. The summed E-state index contributed by atoms with van der Waals surface area (Å²) in [5.74, 6) is 0. The highest BCUT2D eigenvalue weighted by Gasteiger charge is 2.32. The largest absolute Gasteiger partial charge is 0.301 e. The third kappa shape index (κ3) is 2.44. The summed E-state index contributed by atoms with van der Waals surface area (Å²) in [6.07, 6.45) is 0. The monoisotopic (exact) mass is 337 g/mol. The molecule has 0 unspecified atom stereocenters. The summed E-state index contributed by atoms with van der Waals surface area (Å²) >= 11 is 3.13. The minimum atomic E-state index is -3.51. The maximum Gasteiger partial charge on any atom is 0.263 e. The lowest BCUT2D eigenvalue weighted by atomic mass is 10.4. The zero-order chi connectivity index (χ0) is 13.3. The number of nitrogens with zero attached hydrogens (tertiary/aromatic N) is 5. The van der Waals surface area contributed by atoms with Gasteiger partial charge in [-0.05, 0) is 22.5 Å². The average molecular weight is 338 g/mol. The summed E-state index contributed by atoms with van der Waals surface area (Å²) < 4.78 is 28.0. The first-order chi connectivity index (χ1) is 8.46. The summed E-state index contributed by atoms with van der Waals surface area (Å²) in [4.78, 5) is 2.22. The van der Waals surface area contributed by atoms with E-state index in [4.69, 9.17) is 0 Å². The summed E-state index contributed by atoms with van der Waals surface area (Å²) in [5.41, 5.74) is 0. The van der Waals surface area contributed by atoms with E-state index in [-0.39, 0.29) is 9.63 Å². The minimum absolute atomic E-state index is 0.118. The molecular formula is C9H16BrN5O2S. The third-order valence-corrected chi connectivity index (χ3v) is 5.89. The third-order valence-electron chi connectivity index (χ3n) is 3.10. The molecule has 1 saturated heterocycles. The molecule has 0 aliphatic carbocycles. The van der Waals surface area contributed by atoms with Crippen molar-refractivity contribution in [2.75, 3.05) is 32.7 Å². The predicted molar refractivity (Wildman–Crippen MR) is 69.6 cm³/mol. The van der Waals surface area contributed by atoms with Crippen molar-refractivity contribution in [3.63, 3.8) is 0 Å².